The van der Waals surface area contributed by atoms with E-state index in [1.54, 1.807) is 0 Å². The molecule has 0 atom stereocenters. The van der Waals surface area contributed by atoms with Crippen LogP contribution in [0.25, 0.3) is 0 Å². The van der Waals surface area contributed by atoms with E-state index in [0.717, 1.165) is 26.4 Å². The summed E-state index contributed by atoms with van der Waals surface area (Å²) in [6, 6.07) is 0. The quantitative estimate of drug-likeness (QED) is 0.455. The van der Waals surface area contributed by atoms with Gasteiger partial charge in [-0.05, 0) is 13.8 Å². The first kappa shape index (κ1) is 33.5. The third kappa shape index (κ3) is 14.2. The second kappa shape index (κ2) is 18.9. The first-order chi connectivity index (χ1) is 7.65. The van der Waals surface area contributed by atoms with E-state index in [1.807, 2.05) is 0 Å². The maximum absolute atomic E-state index is 2.25. The van der Waals surface area contributed by atoms with Crippen molar-refractivity contribution in [2.24, 2.45) is 0 Å². The fraction of sp³-hybridized carbons (Fsp3) is 0.692. The predicted molar refractivity (Wildman–Crippen MR) is 78.6 cm³/mol. The van der Waals surface area contributed by atoms with Crippen molar-refractivity contribution in [2.75, 3.05) is 40.5 Å². The molecule has 2 N–H and O–H groups in total. The minimum atomic E-state index is 0. The Morgan fingerprint density at radius 1 is 0.762 bits per heavy atom. The molecule has 21 heavy (non-hydrogen) atoms. The molecule has 0 spiro atoms. The smallest absolute Gasteiger partial charge is 1.00 e. The topological polar surface area (TPSA) is 44.5 Å². The van der Waals surface area contributed by atoms with Crippen LogP contribution in [-0.4, -0.2) is 65.6 Å². The molecule has 0 amide bonds. The molecule has 0 saturated carbocycles. The van der Waals surface area contributed by atoms with E-state index >= 15 is 0 Å². The Kier molecular flexibility index (Phi) is 30.1. The van der Waals surface area contributed by atoms with Gasteiger partial charge in [-0.3, -0.25) is 0 Å². The Morgan fingerprint density at radius 3 is 1.14 bits per heavy atom. The third-order valence-electron chi connectivity index (χ3n) is 2.69. The summed E-state index contributed by atoms with van der Waals surface area (Å²) in [5.74, 6) is 0. The van der Waals surface area contributed by atoms with Crippen LogP contribution in [0.3, 0.4) is 0 Å². The summed E-state index contributed by atoms with van der Waals surface area (Å²) >= 11 is 0. The van der Waals surface area contributed by atoms with Crippen molar-refractivity contribution in [1.29, 1.82) is 0 Å². The van der Waals surface area contributed by atoms with Gasteiger partial charge in [0.15, 0.2) is 0 Å². The Morgan fingerprint density at radius 2 is 1.05 bits per heavy atom. The summed E-state index contributed by atoms with van der Waals surface area (Å²) in [6.45, 7) is 8.64. The Bertz CT molecular complexity index is 245. The summed E-state index contributed by atoms with van der Waals surface area (Å²) < 4.78 is 0. The molecule has 2 rings (SSSR count). The molecule has 2 aliphatic heterocycles. The van der Waals surface area contributed by atoms with Crippen LogP contribution in [0.15, 0.2) is 24.8 Å². The van der Waals surface area contributed by atoms with E-state index in [0.29, 0.717) is 0 Å². The second-order valence-corrected chi connectivity index (χ2v) is 4.20. The summed E-state index contributed by atoms with van der Waals surface area (Å²) in [5, 5.41) is 0. The number of nitrogens with zero attached hydrogens (tertiary/aromatic N) is 4. The third-order valence-corrected chi connectivity index (χ3v) is 2.69. The van der Waals surface area contributed by atoms with Gasteiger partial charge in [-0.2, -0.15) is 0 Å². The van der Waals surface area contributed by atoms with Gasteiger partial charge in [0.25, 0.3) is 0 Å². The van der Waals surface area contributed by atoms with Gasteiger partial charge in [0.2, 0.25) is 0 Å². The van der Waals surface area contributed by atoms with E-state index in [1.165, 1.54) is 0 Å². The molecule has 0 aromatic carbocycles. The molecule has 2 aliphatic rings. The van der Waals surface area contributed by atoms with Crippen LogP contribution in [0.2, 0.25) is 0 Å². The van der Waals surface area contributed by atoms with Gasteiger partial charge in [-0.1, -0.05) is 7.43 Å². The van der Waals surface area contributed by atoms with Gasteiger partial charge < -0.3 is 49.9 Å². The van der Waals surface area contributed by atoms with Crippen LogP contribution >= 0.6 is 0 Å². The van der Waals surface area contributed by atoms with Crippen molar-refractivity contribution in [2.45, 2.75) is 21.3 Å². The van der Waals surface area contributed by atoms with Crippen LogP contribution in [0.5, 0.6) is 0 Å². The molecule has 0 fully saturated rings. The van der Waals surface area contributed by atoms with Crippen LogP contribution < -0.4 is 76.2 Å². The molecule has 2 heterocycles. The van der Waals surface area contributed by atoms with E-state index < -0.39 is 0 Å². The molecule has 0 radical (unpaired) electrons. The van der Waals surface area contributed by atoms with Crippen molar-refractivity contribution in [3.63, 3.8) is 0 Å². The molecule has 0 unspecified atom stereocenters. The largest absolute Gasteiger partial charge is 1.00 e. The summed E-state index contributed by atoms with van der Waals surface area (Å²) in [7, 11) is 4.15. The van der Waals surface area contributed by atoms with Crippen LogP contribution in [0.1, 0.15) is 21.3 Å². The molecule has 5 nitrogen and oxygen atoms in total. The molecule has 0 aromatic heterocycles. The number of halogens is 2. The monoisotopic (exact) mass is 367 g/mol. The fourth-order valence-electron chi connectivity index (χ4n) is 1.59. The Labute approximate surface area is 185 Å². The summed E-state index contributed by atoms with van der Waals surface area (Å²) in [5.41, 5.74) is 0. The average Bonchev–Trinajstić information content (AvgIpc) is 2.88. The molecule has 124 valence electrons. The van der Waals surface area contributed by atoms with Crippen molar-refractivity contribution < 1.29 is 81.7 Å². The standard InChI is InChI=1S/2C6H12N2.CH4.2ClH.K.H2O/c2*1-3-8-5-4-7(2)6-8;;;;;/h2*4-5H,3,6H2,1-2H3;1H4;2*1H;;1H2/q;;;;;+1;/p-2. The van der Waals surface area contributed by atoms with Crippen molar-refractivity contribution >= 4 is 0 Å². The summed E-state index contributed by atoms with van der Waals surface area (Å²) in [4.78, 5) is 8.81. The number of hydrogen-bond acceptors (Lipinski definition) is 4. The molecule has 0 bridgehead atoms. The van der Waals surface area contributed by atoms with E-state index in [-0.39, 0.29) is 89.1 Å². The van der Waals surface area contributed by atoms with E-state index in [4.69, 9.17) is 0 Å². The first-order valence-corrected chi connectivity index (χ1v) is 5.91. The predicted octanol–water partition coefficient (Wildman–Crippen LogP) is -7.81. The maximum Gasteiger partial charge on any atom is 1.00 e. The molecular weight excluding hydrogens is 338 g/mol. The van der Waals surface area contributed by atoms with Crippen LogP contribution in [-0.2, 0) is 0 Å². The van der Waals surface area contributed by atoms with Gasteiger partial charge in [-0.15, -0.1) is 0 Å². The van der Waals surface area contributed by atoms with Gasteiger partial charge >= 0.3 is 51.4 Å². The molecule has 0 aliphatic carbocycles. The van der Waals surface area contributed by atoms with Crippen molar-refractivity contribution in [3.05, 3.63) is 24.8 Å². The van der Waals surface area contributed by atoms with E-state index in [2.05, 4.69) is 72.3 Å². The zero-order valence-electron chi connectivity index (χ0n) is 13.2. The first-order valence-electron chi connectivity index (χ1n) is 5.91. The van der Waals surface area contributed by atoms with E-state index in [9.17, 15) is 0 Å². The van der Waals surface area contributed by atoms with Crippen molar-refractivity contribution in [1.82, 2.24) is 19.6 Å². The van der Waals surface area contributed by atoms with Gasteiger partial charge in [0.1, 0.15) is 0 Å². The zero-order chi connectivity index (χ0) is 12.0. The zero-order valence-corrected chi connectivity index (χ0v) is 17.8. The van der Waals surface area contributed by atoms with Gasteiger partial charge in [0, 0.05) is 52.0 Å². The van der Waals surface area contributed by atoms with Gasteiger partial charge in [-0.25, -0.2) is 0 Å². The SMILES string of the molecule is C.CCN1C=CN(C)C1.CCN1C=CN(C)C1.O.[Cl-].[Cl-].[K+]. The average molecular weight is 368 g/mol. The minimum absolute atomic E-state index is 0. The summed E-state index contributed by atoms with van der Waals surface area (Å²) in [6.07, 6.45) is 8.40. The van der Waals surface area contributed by atoms with Crippen molar-refractivity contribution in [3.8, 4) is 0 Å². The Balaban J connectivity index is -0.0000000656. The Hall–Kier alpha value is 0.856. The second-order valence-electron chi connectivity index (χ2n) is 4.20. The van der Waals surface area contributed by atoms with Gasteiger partial charge in [0.05, 0.1) is 13.3 Å². The normalized spacial score (nSPS) is 13.9. The number of hydrogen-bond donors (Lipinski definition) is 0. The van der Waals surface area contributed by atoms with Crippen LogP contribution in [0.4, 0.5) is 0 Å². The molecule has 0 aromatic rings. The molecular formula is C13H30Cl2KN4O-. The molecule has 0 saturated heterocycles. The fourth-order valence-corrected chi connectivity index (χ4v) is 1.59. The minimum Gasteiger partial charge on any atom is -1.00 e. The number of rotatable bonds is 2. The maximum atomic E-state index is 2.25. The van der Waals surface area contributed by atoms with Crippen LogP contribution in [0, 0.1) is 0 Å². The molecule has 8 heteroatoms.